The third-order valence-corrected chi connectivity index (χ3v) is 11.8. The molecule has 0 bridgehead atoms. The van der Waals surface area contributed by atoms with E-state index < -0.39 is 5.41 Å². The highest BCUT2D eigenvalue weighted by atomic mass is 16.2. The lowest BCUT2D eigenvalue weighted by Gasteiger charge is -2.48. The summed E-state index contributed by atoms with van der Waals surface area (Å²) in [6.07, 6.45) is 13.3. The van der Waals surface area contributed by atoms with Crippen molar-refractivity contribution >= 4 is 17.5 Å². The summed E-state index contributed by atoms with van der Waals surface area (Å²) in [5, 5.41) is 6.22. The standard InChI is InChI=1S/C40H59N5O2/c1-39(2,3)26-29-24-35-40(31-14-8-5-6-9-15-31,38(47)44(4)36(46)25-29)37(42-32-16-10-7-11-17-32)45(43-35)27-28-20-22-30(23-21-28)33-18-12-13-19-34(33)41/h7,10-11,16-17,20-23,29,31,33-35,37,42-43H,5-6,8-9,12-15,18-19,24-27,41H2,1-4H3. The molecule has 256 valence electrons. The van der Waals surface area contributed by atoms with Gasteiger partial charge in [0, 0.05) is 37.8 Å². The minimum Gasteiger partial charge on any atom is -0.368 e. The molecule has 2 aromatic rings. The van der Waals surface area contributed by atoms with Crippen molar-refractivity contribution < 1.29 is 9.59 Å². The van der Waals surface area contributed by atoms with Gasteiger partial charge < -0.3 is 11.1 Å². The van der Waals surface area contributed by atoms with E-state index in [9.17, 15) is 4.79 Å². The number of hydrogen-bond acceptors (Lipinski definition) is 6. The molecule has 2 amide bonds. The van der Waals surface area contributed by atoms with E-state index in [1.54, 1.807) is 7.05 Å². The number of nitrogens with two attached hydrogens (primary N) is 1. The molecule has 0 radical (unpaired) electrons. The minimum absolute atomic E-state index is 0.0151. The van der Waals surface area contributed by atoms with Crippen LogP contribution in [0, 0.1) is 22.7 Å². The Morgan fingerprint density at radius 1 is 0.894 bits per heavy atom. The fraction of sp³-hybridized carbons (Fsp3) is 0.650. The number of nitrogens with one attached hydrogen (secondary N) is 2. The maximum absolute atomic E-state index is 15.2. The molecule has 4 aliphatic rings. The predicted molar refractivity (Wildman–Crippen MR) is 190 cm³/mol. The Kier molecular flexibility index (Phi) is 10.5. The SMILES string of the molecule is CN1C(=O)CC(CC(C)(C)C)CC2NN(Cc3ccc(C4CCCCC4N)cc3)C(Nc3ccccc3)C2(C2CCCCCC2)C1=O. The van der Waals surface area contributed by atoms with E-state index in [4.69, 9.17) is 5.73 Å². The molecule has 2 saturated heterocycles. The van der Waals surface area contributed by atoms with Gasteiger partial charge in [0.15, 0.2) is 0 Å². The van der Waals surface area contributed by atoms with Gasteiger partial charge >= 0.3 is 0 Å². The molecule has 6 atom stereocenters. The van der Waals surface area contributed by atoms with Gasteiger partial charge in [0.05, 0.1) is 0 Å². The molecule has 2 aliphatic carbocycles. The summed E-state index contributed by atoms with van der Waals surface area (Å²) < 4.78 is 0. The second kappa shape index (κ2) is 14.4. The monoisotopic (exact) mass is 641 g/mol. The zero-order chi connectivity index (χ0) is 33.2. The lowest BCUT2D eigenvalue weighted by molar-refractivity contribution is -0.157. The zero-order valence-electron chi connectivity index (χ0n) is 29.3. The van der Waals surface area contributed by atoms with Crippen molar-refractivity contribution in [2.24, 2.45) is 28.4 Å². The van der Waals surface area contributed by atoms with Crippen LogP contribution in [0.1, 0.15) is 121 Å². The van der Waals surface area contributed by atoms with E-state index in [-0.39, 0.29) is 47.3 Å². The number of amides is 2. The molecule has 2 aromatic carbocycles. The van der Waals surface area contributed by atoms with Crippen molar-refractivity contribution in [2.45, 2.75) is 135 Å². The van der Waals surface area contributed by atoms with Gasteiger partial charge in [0.2, 0.25) is 11.8 Å². The first-order valence-corrected chi connectivity index (χ1v) is 18.6. The lowest BCUT2D eigenvalue weighted by Crippen LogP contribution is -2.62. The molecule has 2 aliphatic heterocycles. The van der Waals surface area contributed by atoms with Crippen LogP contribution >= 0.6 is 0 Å². The van der Waals surface area contributed by atoms with E-state index in [2.05, 4.69) is 85.1 Å². The van der Waals surface area contributed by atoms with Crippen LogP contribution < -0.4 is 16.5 Å². The molecule has 4 fully saturated rings. The molecule has 2 heterocycles. The van der Waals surface area contributed by atoms with E-state index in [0.717, 1.165) is 57.1 Å². The van der Waals surface area contributed by atoms with Gasteiger partial charge in [-0.15, -0.1) is 0 Å². The summed E-state index contributed by atoms with van der Waals surface area (Å²) in [6.45, 7) is 7.45. The van der Waals surface area contributed by atoms with Gasteiger partial charge in [-0.1, -0.05) is 102 Å². The first kappa shape index (κ1) is 34.1. The van der Waals surface area contributed by atoms with Crippen LogP contribution in [0.4, 0.5) is 5.69 Å². The number of anilines is 1. The highest BCUT2D eigenvalue weighted by molar-refractivity contribution is 5.99. The fourth-order valence-corrected chi connectivity index (χ4v) is 9.68. The maximum atomic E-state index is 15.2. The lowest BCUT2D eigenvalue weighted by atomic mass is 9.61. The molecule has 4 N–H and O–H groups in total. The highest BCUT2D eigenvalue weighted by Crippen LogP contribution is 2.52. The zero-order valence-corrected chi connectivity index (χ0v) is 29.3. The smallest absolute Gasteiger partial charge is 0.240 e. The summed E-state index contributed by atoms with van der Waals surface area (Å²) in [5.74, 6) is 0.731. The normalized spacial score (nSPS) is 31.6. The molecule has 7 heteroatoms. The molecule has 0 spiro atoms. The third-order valence-electron chi connectivity index (χ3n) is 11.8. The summed E-state index contributed by atoms with van der Waals surface area (Å²) in [5.41, 5.74) is 13.4. The van der Waals surface area contributed by atoms with Crippen molar-refractivity contribution in [1.82, 2.24) is 15.3 Å². The van der Waals surface area contributed by atoms with Gasteiger partial charge in [0.1, 0.15) is 11.6 Å². The molecule has 47 heavy (non-hydrogen) atoms. The number of nitrogens with zero attached hydrogens (tertiary/aromatic N) is 2. The van der Waals surface area contributed by atoms with Crippen molar-refractivity contribution in [3.63, 3.8) is 0 Å². The Balaban J connectivity index is 1.42. The van der Waals surface area contributed by atoms with Crippen molar-refractivity contribution in [3.8, 4) is 0 Å². The average Bonchev–Trinajstić information content (AvgIpc) is 3.18. The molecular weight excluding hydrogens is 582 g/mol. The molecule has 6 rings (SSSR count). The summed E-state index contributed by atoms with van der Waals surface area (Å²) in [6, 6.07) is 19.6. The average molecular weight is 642 g/mol. The number of benzene rings is 2. The highest BCUT2D eigenvalue weighted by Gasteiger charge is 2.64. The van der Waals surface area contributed by atoms with Crippen LogP contribution in [-0.4, -0.2) is 47.0 Å². The maximum Gasteiger partial charge on any atom is 0.240 e. The molecule has 7 nitrogen and oxygen atoms in total. The fourth-order valence-electron chi connectivity index (χ4n) is 9.68. The van der Waals surface area contributed by atoms with Gasteiger partial charge in [-0.25, -0.2) is 10.4 Å². The predicted octanol–water partition coefficient (Wildman–Crippen LogP) is 7.59. The number of fused-ring (bicyclic) bond motifs is 1. The van der Waals surface area contributed by atoms with Gasteiger partial charge in [-0.05, 0) is 85.0 Å². The van der Waals surface area contributed by atoms with E-state index >= 15 is 4.79 Å². The van der Waals surface area contributed by atoms with Crippen LogP contribution in [0.15, 0.2) is 54.6 Å². The van der Waals surface area contributed by atoms with E-state index in [1.165, 1.54) is 41.7 Å². The van der Waals surface area contributed by atoms with Gasteiger partial charge in [0.25, 0.3) is 0 Å². The minimum atomic E-state index is -0.796. The molecule has 6 unspecified atom stereocenters. The number of para-hydroxylation sites is 1. The Hall–Kier alpha value is -2.74. The van der Waals surface area contributed by atoms with Crippen LogP contribution in [0.2, 0.25) is 0 Å². The molecule has 2 saturated carbocycles. The number of carbonyl (C=O) groups excluding carboxylic acids is 2. The Labute approximate surface area is 283 Å². The molecule has 0 aromatic heterocycles. The number of imide groups is 1. The first-order valence-electron chi connectivity index (χ1n) is 18.6. The van der Waals surface area contributed by atoms with Gasteiger partial charge in [-0.2, -0.15) is 0 Å². The number of rotatable bonds is 7. The van der Waals surface area contributed by atoms with E-state index in [1.807, 2.05) is 6.07 Å². The van der Waals surface area contributed by atoms with Crippen LogP contribution in [0.5, 0.6) is 0 Å². The van der Waals surface area contributed by atoms with E-state index in [0.29, 0.717) is 18.9 Å². The third kappa shape index (κ3) is 7.33. The van der Waals surface area contributed by atoms with Gasteiger partial charge in [-0.3, -0.25) is 14.5 Å². The van der Waals surface area contributed by atoms with Crippen LogP contribution in [0.3, 0.4) is 0 Å². The van der Waals surface area contributed by atoms with Crippen LogP contribution in [0.25, 0.3) is 0 Å². The number of hydrazine groups is 1. The summed E-state index contributed by atoms with van der Waals surface area (Å²) >= 11 is 0. The Bertz CT molecular complexity index is 1350. The largest absolute Gasteiger partial charge is 0.368 e. The second-order valence-corrected chi connectivity index (χ2v) is 16.5. The first-order chi connectivity index (χ1) is 22.6. The summed E-state index contributed by atoms with van der Waals surface area (Å²) in [4.78, 5) is 30.5. The van der Waals surface area contributed by atoms with Crippen LogP contribution in [-0.2, 0) is 16.1 Å². The Morgan fingerprint density at radius 3 is 2.21 bits per heavy atom. The quantitative estimate of drug-likeness (QED) is 0.213. The molecular formula is C40H59N5O2. The summed E-state index contributed by atoms with van der Waals surface area (Å²) in [7, 11) is 1.75. The van der Waals surface area contributed by atoms with Crippen molar-refractivity contribution in [3.05, 3.63) is 65.7 Å². The number of likely N-dealkylation sites (tertiary alicyclic amines) is 1. The Morgan fingerprint density at radius 2 is 1.55 bits per heavy atom. The second-order valence-electron chi connectivity index (χ2n) is 16.5. The van der Waals surface area contributed by atoms with Crippen molar-refractivity contribution in [1.29, 1.82) is 0 Å². The number of carbonyl (C=O) groups is 2. The topological polar surface area (TPSA) is 90.7 Å². The number of hydrogen-bond donors (Lipinski definition) is 3. The van der Waals surface area contributed by atoms with Crippen molar-refractivity contribution in [2.75, 3.05) is 12.4 Å².